The molecule has 0 amide bonds. The van der Waals surface area contributed by atoms with Crippen molar-refractivity contribution in [3.05, 3.63) is 90.0 Å². The third-order valence-corrected chi connectivity index (χ3v) is 5.91. The van der Waals surface area contributed by atoms with E-state index < -0.39 is 0 Å². The summed E-state index contributed by atoms with van der Waals surface area (Å²) in [5.74, 6) is 0. The molecule has 0 fully saturated rings. The second-order valence-corrected chi connectivity index (χ2v) is 7.64. The number of para-hydroxylation sites is 2. The van der Waals surface area contributed by atoms with Crippen molar-refractivity contribution in [3.8, 4) is 11.1 Å². The summed E-state index contributed by atoms with van der Waals surface area (Å²) < 4.78 is 4.26. The Kier molecular flexibility index (Phi) is 6.15. The van der Waals surface area contributed by atoms with Gasteiger partial charge in [-0.2, -0.15) is 0 Å². The van der Waals surface area contributed by atoms with Gasteiger partial charge in [-0.25, -0.2) is 0 Å². The highest BCUT2D eigenvalue weighted by Gasteiger charge is 2.12. The van der Waals surface area contributed by atoms with Crippen LogP contribution in [0.2, 0.25) is 0 Å². The van der Waals surface area contributed by atoms with Gasteiger partial charge in [0, 0.05) is 13.1 Å². The van der Waals surface area contributed by atoms with Gasteiger partial charge in [0.2, 0.25) is 5.62 Å². The lowest BCUT2D eigenvalue weighted by molar-refractivity contribution is 0.289. The van der Waals surface area contributed by atoms with Crippen LogP contribution in [0.5, 0.6) is 0 Å². The van der Waals surface area contributed by atoms with Crippen LogP contribution in [-0.2, 0) is 13.1 Å². The minimum absolute atomic E-state index is 0.565. The first-order chi connectivity index (χ1) is 14.7. The highest BCUT2D eigenvalue weighted by molar-refractivity contribution is 5.76. The average Bonchev–Trinajstić information content (AvgIpc) is 3.07. The molecule has 0 atom stereocenters. The fourth-order valence-corrected chi connectivity index (χ4v) is 4.08. The van der Waals surface area contributed by atoms with Gasteiger partial charge in [0.1, 0.15) is 0 Å². The third kappa shape index (κ3) is 4.10. The fourth-order valence-electron chi connectivity index (χ4n) is 4.08. The predicted octanol–water partition coefficient (Wildman–Crippen LogP) is 4.98. The Balaban J connectivity index is 1.63. The van der Waals surface area contributed by atoms with Gasteiger partial charge in [0.05, 0.1) is 17.6 Å². The summed E-state index contributed by atoms with van der Waals surface area (Å²) >= 11 is 0. The molecule has 154 valence electrons. The van der Waals surface area contributed by atoms with Gasteiger partial charge in [-0.05, 0) is 41.9 Å². The van der Waals surface area contributed by atoms with E-state index in [1.807, 2.05) is 6.07 Å². The zero-order valence-corrected chi connectivity index (χ0v) is 17.9. The lowest BCUT2D eigenvalue weighted by Crippen LogP contribution is -2.32. The van der Waals surface area contributed by atoms with Gasteiger partial charge >= 0.3 is 0 Å². The number of nitrogens with zero attached hydrogens (tertiary/aromatic N) is 3. The first kappa shape index (κ1) is 20.2. The van der Waals surface area contributed by atoms with E-state index in [0.717, 1.165) is 37.2 Å². The Hall–Kier alpha value is -3.11. The Morgan fingerprint density at radius 2 is 1.27 bits per heavy atom. The molecule has 0 radical (unpaired) electrons. The molecular formula is C26H30N4. The Bertz CT molecular complexity index is 1150. The van der Waals surface area contributed by atoms with Crippen molar-refractivity contribution < 1.29 is 0 Å². The van der Waals surface area contributed by atoms with Crippen LogP contribution in [0.1, 0.15) is 19.4 Å². The molecule has 0 bridgehead atoms. The Labute approximate surface area is 178 Å². The number of benzene rings is 3. The lowest BCUT2D eigenvalue weighted by Gasteiger charge is -2.18. The molecule has 4 nitrogen and oxygen atoms in total. The number of hydrogen-bond acceptors (Lipinski definition) is 2. The minimum Gasteiger partial charge on any atom is -0.309 e. The van der Waals surface area contributed by atoms with Crippen LogP contribution >= 0.6 is 0 Å². The van der Waals surface area contributed by atoms with Crippen LogP contribution in [0.4, 0.5) is 0 Å². The normalized spacial score (nSPS) is 11.4. The number of rotatable bonds is 8. The van der Waals surface area contributed by atoms with Crippen molar-refractivity contribution >= 4 is 11.0 Å². The lowest BCUT2D eigenvalue weighted by atomic mass is 10.0. The number of hydrogen-bond donors (Lipinski definition) is 1. The standard InChI is InChI=1S/C26H30N4/c1-3-28(4-2)18-19-29-24-12-8-9-13-25(24)30(26(29)27)20-21-14-16-23(17-15-21)22-10-6-5-7-11-22/h5-17,27H,3-4,18-20H2,1-2H3. The van der Waals surface area contributed by atoms with Gasteiger partial charge < -0.3 is 14.0 Å². The van der Waals surface area contributed by atoms with Gasteiger partial charge in [0.25, 0.3) is 0 Å². The Morgan fingerprint density at radius 1 is 0.700 bits per heavy atom. The van der Waals surface area contributed by atoms with E-state index in [9.17, 15) is 0 Å². The maximum absolute atomic E-state index is 8.87. The van der Waals surface area contributed by atoms with Crippen molar-refractivity contribution in [2.75, 3.05) is 19.6 Å². The molecule has 0 aliphatic carbocycles. The number of likely N-dealkylation sites (N-methyl/N-ethyl adjacent to an activating group) is 1. The van der Waals surface area contributed by atoms with Gasteiger partial charge in [-0.1, -0.05) is 80.6 Å². The van der Waals surface area contributed by atoms with Crippen molar-refractivity contribution in [3.63, 3.8) is 0 Å². The first-order valence-corrected chi connectivity index (χ1v) is 10.8. The number of nitrogens with one attached hydrogen (secondary N) is 1. The van der Waals surface area contributed by atoms with Crippen LogP contribution in [0, 0.1) is 5.41 Å². The summed E-state index contributed by atoms with van der Waals surface area (Å²) in [7, 11) is 0. The second-order valence-electron chi connectivity index (χ2n) is 7.64. The zero-order chi connectivity index (χ0) is 20.9. The smallest absolute Gasteiger partial charge is 0.203 e. The highest BCUT2D eigenvalue weighted by atomic mass is 15.2. The summed E-state index contributed by atoms with van der Waals surface area (Å²) in [6, 6.07) is 27.5. The minimum atomic E-state index is 0.565. The molecule has 0 saturated carbocycles. The van der Waals surface area contributed by atoms with Gasteiger partial charge in [-0.3, -0.25) is 5.41 Å². The van der Waals surface area contributed by atoms with E-state index in [-0.39, 0.29) is 0 Å². The fraction of sp³-hybridized carbons (Fsp3) is 0.269. The molecular weight excluding hydrogens is 368 g/mol. The van der Waals surface area contributed by atoms with E-state index in [2.05, 4.69) is 101 Å². The molecule has 0 saturated heterocycles. The van der Waals surface area contributed by atoms with Crippen LogP contribution in [-0.4, -0.2) is 33.7 Å². The molecule has 1 heterocycles. The average molecular weight is 399 g/mol. The summed E-state index contributed by atoms with van der Waals surface area (Å²) in [4.78, 5) is 2.40. The molecule has 4 heteroatoms. The molecule has 3 aromatic carbocycles. The molecule has 4 aromatic rings. The quantitative estimate of drug-likeness (QED) is 0.446. The molecule has 1 aromatic heterocycles. The van der Waals surface area contributed by atoms with Crippen LogP contribution < -0.4 is 5.62 Å². The molecule has 0 aliphatic rings. The third-order valence-electron chi connectivity index (χ3n) is 5.91. The van der Waals surface area contributed by atoms with E-state index in [0.29, 0.717) is 12.2 Å². The van der Waals surface area contributed by atoms with Gasteiger partial charge in [-0.15, -0.1) is 0 Å². The number of aromatic nitrogens is 2. The summed E-state index contributed by atoms with van der Waals surface area (Å²) in [6.07, 6.45) is 0. The van der Waals surface area contributed by atoms with Crippen molar-refractivity contribution in [2.45, 2.75) is 26.9 Å². The van der Waals surface area contributed by atoms with Crippen molar-refractivity contribution in [1.29, 1.82) is 5.41 Å². The largest absolute Gasteiger partial charge is 0.309 e. The van der Waals surface area contributed by atoms with Crippen LogP contribution in [0.25, 0.3) is 22.2 Å². The number of fused-ring (bicyclic) bond motifs is 1. The topological polar surface area (TPSA) is 37.0 Å². The Morgan fingerprint density at radius 3 is 1.90 bits per heavy atom. The second kappa shape index (κ2) is 9.14. The van der Waals surface area contributed by atoms with Crippen molar-refractivity contribution in [2.24, 2.45) is 0 Å². The zero-order valence-electron chi connectivity index (χ0n) is 17.9. The van der Waals surface area contributed by atoms with E-state index in [4.69, 9.17) is 5.41 Å². The summed E-state index contributed by atoms with van der Waals surface area (Å²) in [5, 5.41) is 8.87. The van der Waals surface area contributed by atoms with Gasteiger partial charge in [0.15, 0.2) is 0 Å². The molecule has 0 spiro atoms. The molecule has 1 N–H and O–H groups in total. The van der Waals surface area contributed by atoms with Crippen molar-refractivity contribution in [1.82, 2.24) is 14.0 Å². The number of imidazole rings is 1. The highest BCUT2D eigenvalue weighted by Crippen LogP contribution is 2.20. The van der Waals surface area contributed by atoms with E-state index >= 15 is 0 Å². The first-order valence-electron chi connectivity index (χ1n) is 10.8. The molecule has 4 rings (SSSR count). The monoisotopic (exact) mass is 398 g/mol. The summed E-state index contributed by atoms with van der Waals surface area (Å²) in [5.41, 5.74) is 6.48. The molecule has 0 unspecified atom stereocenters. The molecule has 0 aliphatic heterocycles. The van der Waals surface area contributed by atoms with E-state index in [1.165, 1.54) is 16.7 Å². The summed E-state index contributed by atoms with van der Waals surface area (Å²) in [6.45, 7) is 8.96. The maximum Gasteiger partial charge on any atom is 0.203 e. The van der Waals surface area contributed by atoms with Crippen LogP contribution in [0.3, 0.4) is 0 Å². The van der Waals surface area contributed by atoms with Crippen LogP contribution in [0.15, 0.2) is 78.9 Å². The van der Waals surface area contributed by atoms with E-state index in [1.54, 1.807) is 0 Å². The SMILES string of the molecule is CCN(CC)CCn1c(=N)n(Cc2ccc(-c3ccccc3)cc2)c2ccccc21. The molecule has 30 heavy (non-hydrogen) atoms. The maximum atomic E-state index is 8.87. The predicted molar refractivity (Wildman–Crippen MR) is 125 cm³/mol.